The number of ketones is 1. The van der Waals surface area contributed by atoms with Gasteiger partial charge in [0.15, 0.2) is 0 Å². The number of aryl methyl sites for hydroxylation is 1. The summed E-state index contributed by atoms with van der Waals surface area (Å²) in [6.07, 6.45) is 5.67. The first-order valence-electron chi connectivity index (χ1n) is 5.27. The summed E-state index contributed by atoms with van der Waals surface area (Å²) in [6.45, 7) is 5.22. The molecular formula is C12H15N3O3. The predicted molar refractivity (Wildman–Crippen MR) is 66.2 cm³/mol. The number of hydrogen-bond donors (Lipinski definition) is 1. The second-order valence-corrected chi connectivity index (χ2v) is 4.63. The lowest BCUT2D eigenvalue weighted by atomic mass is 10.2. The van der Waals surface area contributed by atoms with Crippen molar-refractivity contribution in [3.63, 3.8) is 0 Å². The van der Waals surface area contributed by atoms with E-state index in [9.17, 15) is 9.59 Å². The molecule has 1 aromatic rings. The number of nitrogens with one attached hydrogen (secondary N) is 1. The van der Waals surface area contributed by atoms with Crippen LogP contribution in [-0.2, 0) is 11.8 Å². The van der Waals surface area contributed by atoms with Crippen molar-refractivity contribution in [3.8, 4) is 12.3 Å². The van der Waals surface area contributed by atoms with E-state index in [-0.39, 0.29) is 11.4 Å². The fourth-order valence-electron chi connectivity index (χ4n) is 1.23. The van der Waals surface area contributed by atoms with Crippen molar-refractivity contribution in [2.45, 2.75) is 26.4 Å². The maximum atomic E-state index is 11.6. The minimum Gasteiger partial charge on any atom is -0.444 e. The van der Waals surface area contributed by atoms with E-state index in [0.717, 1.165) is 0 Å². The molecular weight excluding hydrogens is 234 g/mol. The lowest BCUT2D eigenvalue weighted by Gasteiger charge is -2.19. The summed E-state index contributed by atoms with van der Waals surface area (Å²) in [5, 5.41) is 6.32. The van der Waals surface area contributed by atoms with Gasteiger partial charge in [0.2, 0.25) is 5.78 Å². The van der Waals surface area contributed by atoms with Crippen molar-refractivity contribution in [3.05, 3.63) is 11.8 Å². The lowest BCUT2D eigenvalue weighted by molar-refractivity contribution is 0.0634. The number of hydrogen-bond acceptors (Lipinski definition) is 4. The minimum atomic E-state index is -0.669. The average Bonchev–Trinajstić information content (AvgIpc) is 2.57. The van der Waals surface area contributed by atoms with Gasteiger partial charge in [0.05, 0.1) is 11.8 Å². The summed E-state index contributed by atoms with van der Waals surface area (Å²) in [7, 11) is 1.58. The molecule has 1 rings (SSSR count). The molecule has 1 amide bonds. The first-order valence-corrected chi connectivity index (χ1v) is 5.27. The van der Waals surface area contributed by atoms with Crippen LogP contribution >= 0.6 is 0 Å². The molecule has 0 aliphatic heterocycles. The van der Waals surface area contributed by atoms with Gasteiger partial charge in [-0.05, 0) is 26.7 Å². The zero-order valence-corrected chi connectivity index (χ0v) is 10.8. The zero-order chi connectivity index (χ0) is 13.9. The highest BCUT2D eigenvalue weighted by Gasteiger charge is 2.20. The van der Waals surface area contributed by atoms with E-state index in [1.165, 1.54) is 10.9 Å². The third kappa shape index (κ3) is 3.35. The fourth-order valence-corrected chi connectivity index (χ4v) is 1.23. The Balaban J connectivity index is 2.92. The van der Waals surface area contributed by atoms with E-state index in [2.05, 4.69) is 10.4 Å². The van der Waals surface area contributed by atoms with Gasteiger partial charge in [-0.2, -0.15) is 5.10 Å². The molecule has 0 aromatic carbocycles. The Bertz CT molecular complexity index is 518. The lowest BCUT2D eigenvalue weighted by Crippen LogP contribution is -2.28. The van der Waals surface area contributed by atoms with Crippen LogP contribution in [0.5, 0.6) is 0 Å². The average molecular weight is 249 g/mol. The van der Waals surface area contributed by atoms with Crippen LogP contribution in [0.2, 0.25) is 0 Å². The monoisotopic (exact) mass is 249 g/mol. The summed E-state index contributed by atoms with van der Waals surface area (Å²) in [6, 6.07) is 0. The summed E-state index contributed by atoms with van der Waals surface area (Å²) in [5.74, 6) is 1.64. The Morgan fingerprint density at radius 2 is 2.11 bits per heavy atom. The molecule has 1 N–H and O–H groups in total. The number of terminal acetylenes is 1. The number of aromatic nitrogens is 2. The predicted octanol–water partition coefficient (Wildman–Crippen LogP) is 1.58. The molecule has 1 aromatic heterocycles. The summed E-state index contributed by atoms with van der Waals surface area (Å²) < 4.78 is 6.42. The van der Waals surface area contributed by atoms with Crippen molar-refractivity contribution in [2.24, 2.45) is 7.05 Å². The number of rotatable bonds is 2. The molecule has 0 radical (unpaired) electrons. The highest BCUT2D eigenvalue weighted by Crippen LogP contribution is 2.16. The molecule has 0 atom stereocenters. The first kappa shape index (κ1) is 13.8. The smallest absolute Gasteiger partial charge is 0.413 e. The van der Waals surface area contributed by atoms with E-state index < -0.39 is 17.5 Å². The van der Waals surface area contributed by atoms with E-state index in [1.54, 1.807) is 27.8 Å². The molecule has 6 heteroatoms. The molecule has 0 bridgehead atoms. The molecule has 0 saturated carbocycles. The third-order valence-corrected chi connectivity index (χ3v) is 1.93. The molecule has 6 nitrogen and oxygen atoms in total. The summed E-state index contributed by atoms with van der Waals surface area (Å²) in [5.41, 5.74) is -0.468. The van der Waals surface area contributed by atoms with Gasteiger partial charge < -0.3 is 4.74 Å². The largest absolute Gasteiger partial charge is 0.444 e. The van der Waals surface area contributed by atoms with Crippen LogP contribution < -0.4 is 5.32 Å². The molecule has 18 heavy (non-hydrogen) atoms. The quantitative estimate of drug-likeness (QED) is 0.490. The number of nitrogens with zero attached hydrogens (tertiary/aromatic N) is 2. The van der Waals surface area contributed by atoms with Crippen LogP contribution in [0, 0.1) is 12.3 Å². The Hall–Kier alpha value is -2.29. The van der Waals surface area contributed by atoms with Crippen LogP contribution in [-0.4, -0.2) is 27.3 Å². The first-order chi connectivity index (χ1) is 8.24. The number of Topliss-reactive ketones (excluding diaryl/α,β-unsaturated/α-hetero) is 1. The summed E-state index contributed by atoms with van der Waals surface area (Å²) >= 11 is 0. The van der Waals surface area contributed by atoms with Gasteiger partial charge >= 0.3 is 6.09 Å². The number of amides is 1. The van der Waals surface area contributed by atoms with Crippen LogP contribution in [0.25, 0.3) is 0 Å². The van der Waals surface area contributed by atoms with Crippen molar-refractivity contribution in [1.82, 2.24) is 9.78 Å². The van der Waals surface area contributed by atoms with Gasteiger partial charge in [0, 0.05) is 7.05 Å². The maximum absolute atomic E-state index is 11.6. The van der Waals surface area contributed by atoms with Crippen molar-refractivity contribution in [2.75, 3.05) is 5.32 Å². The van der Waals surface area contributed by atoms with E-state index in [0.29, 0.717) is 0 Å². The molecule has 1 heterocycles. The molecule has 0 saturated heterocycles. The molecule has 0 aliphatic carbocycles. The molecule has 0 fully saturated rings. The number of anilines is 1. The van der Waals surface area contributed by atoms with Crippen molar-refractivity contribution >= 4 is 17.7 Å². The summed E-state index contributed by atoms with van der Waals surface area (Å²) in [4.78, 5) is 23.0. The van der Waals surface area contributed by atoms with E-state index in [1.807, 2.05) is 5.92 Å². The SMILES string of the molecule is C#CC(=O)c1cnn(C)c1NC(=O)OC(C)(C)C. The highest BCUT2D eigenvalue weighted by atomic mass is 16.6. The Labute approximate surface area is 105 Å². The zero-order valence-electron chi connectivity index (χ0n) is 10.8. The van der Waals surface area contributed by atoms with Crippen LogP contribution in [0.4, 0.5) is 10.6 Å². The number of ether oxygens (including phenoxy) is 1. The second-order valence-electron chi connectivity index (χ2n) is 4.63. The van der Waals surface area contributed by atoms with Crippen molar-refractivity contribution < 1.29 is 14.3 Å². The highest BCUT2D eigenvalue weighted by molar-refractivity contribution is 6.12. The molecule has 0 spiro atoms. The van der Waals surface area contributed by atoms with E-state index in [4.69, 9.17) is 11.2 Å². The normalized spacial score (nSPS) is 10.6. The Kier molecular flexibility index (Phi) is 3.76. The maximum Gasteiger partial charge on any atom is 0.413 e. The van der Waals surface area contributed by atoms with Crippen molar-refractivity contribution in [1.29, 1.82) is 0 Å². The van der Waals surface area contributed by atoms with Gasteiger partial charge in [-0.1, -0.05) is 0 Å². The second kappa shape index (κ2) is 4.92. The van der Waals surface area contributed by atoms with Gasteiger partial charge in [0.1, 0.15) is 11.4 Å². The molecule has 0 unspecified atom stereocenters. The van der Waals surface area contributed by atoms with E-state index >= 15 is 0 Å². The van der Waals surface area contributed by atoms with Gasteiger partial charge in [-0.3, -0.25) is 14.8 Å². The number of carbonyl (C=O) groups excluding carboxylic acids is 2. The van der Waals surface area contributed by atoms with Crippen LogP contribution in [0.1, 0.15) is 31.1 Å². The molecule has 96 valence electrons. The van der Waals surface area contributed by atoms with Crippen LogP contribution in [0.3, 0.4) is 0 Å². The van der Waals surface area contributed by atoms with Gasteiger partial charge in [-0.15, -0.1) is 6.42 Å². The number of carbonyl (C=O) groups is 2. The van der Waals surface area contributed by atoms with Gasteiger partial charge in [0.25, 0.3) is 0 Å². The fraction of sp³-hybridized carbons (Fsp3) is 0.417. The van der Waals surface area contributed by atoms with Gasteiger partial charge in [-0.25, -0.2) is 4.79 Å². The van der Waals surface area contributed by atoms with Crippen LogP contribution in [0.15, 0.2) is 6.20 Å². The standard InChI is InChI=1S/C12H15N3O3/c1-6-9(16)8-7-13-15(5)10(8)14-11(17)18-12(2,3)4/h1,7H,2-5H3,(H,14,17). The minimum absolute atomic E-state index is 0.158. The third-order valence-electron chi connectivity index (χ3n) is 1.93. The Morgan fingerprint density at radius 1 is 1.50 bits per heavy atom. The topological polar surface area (TPSA) is 73.2 Å². The Morgan fingerprint density at radius 3 is 2.61 bits per heavy atom. The molecule has 0 aliphatic rings.